The number of nitrogens with zero attached hydrogens (tertiary/aromatic N) is 4. The molecule has 0 bridgehead atoms. The fourth-order valence-electron chi connectivity index (χ4n) is 2.49. The Morgan fingerprint density at radius 2 is 1.74 bits per heavy atom. The zero-order valence-corrected chi connectivity index (χ0v) is 17.3. The molecule has 2 aromatic carbocycles. The van der Waals surface area contributed by atoms with Crippen LogP contribution in [0, 0.1) is 5.82 Å². The zero-order valence-electron chi connectivity index (χ0n) is 15.0. The van der Waals surface area contributed by atoms with Gasteiger partial charge in [0.2, 0.25) is 0 Å². The van der Waals surface area contributed by atoms with Crippen LogP contribution in [-0.2, 0) is 13.0 Å². The van der Waals surface area contributed by atoms with Crippen LogP contribution in [0.2, 0.25) is 0 Å². The summed E-state index contributed by atoms with van der Waals surface area (Å²) < 4.78 is 14.6. The minimum Gasteiger partial charge on any atom is -0.356 e. The van der Waals surface area contributed by atoms with Gasteiger partial charge >= 0.3 is 0 Å². The van der Waals surface area contributed by atoms with E-state index in [0.29, 0.717) is 6.54 Å². The lowest BCUT2D eigenvalue weighted by Gasteiger charge is -2.12. The van der Waals surface area contributed by atoms with Crippen molar-refractivity contribution in [3.05, 3.63) is 78.1 Å². The summed E-state index contributed by atoms with van der Waals surface area (Å²) in [6.45, 7) is 1.38. The highest BCUT2D eigenvalue weighted by Crippen LogP contribution is 2.08. The van der Waals surface area contributed by atoms with Gasteiger partial charge in [0.1, 0.15) is 18.5 Å². The van der Waals surface area contributed by atoms with Crippen LogP contribution in [0.4, 0.5) is 4.39 Å². The minimum atomic E-state index is -0.214. The molecule has 3 rings (SSSR count). The first-order valence-electron chi connectivity index (χ1n) is 8.37. The van der Waals surface area contributed by atoms with Gasteiger partial charge in [0, 0.05) is 20.1 Å². The molecule has 0 saturated heterocycles. The number of aliphatic imine (C=N–C) groups is 1. The third-order valence-corrected chi connectivity index (χ3v) is 3.92. The summed E-state index contributed by atoms with van der Waals surface area (Å²) in [5, 5.41) is 10.6. The molecule has 1 aromatic heterocycles. The number of nitrogens with one attached hydrogen (secondary N) is 2. The standard InChI is InChI=1S/C19H21FN6.HI/c1-21-19(23-11-10-15-2-6-17(20)7-3-15)24-12-16-4-8-18(9-5-16)26-14-22-13-25-26;/h2-9,13-14H,10-12H2,1H3,(H2,21,23,24);1H. The molecule has 6 nitrogen and oxygen atoms in total. The van der Waals surface area contributed by atoms with E-state index in [4.69, 9.17) is 0 Å². The molecule has 0 aliphatic rings. The monoisotopic (exact) mass is 480 g/mol. The van der Waals surface area contributed by atoms with Crippen LogP contribution < -0.4 is 10.6 Å². The summed E-state index contributed by atoms with van der Waals surface area (Å²) in [5.41, 5.74) is 3.18. The molecular formula is C19H22FIN6. The topological polar surface area (TPSA) is 67.1 Å². The molecule has 1 heterocycles. The second kappa shape index (κ2) is 10.6. The molecule has 27 heavy (non-hydrogen) atoms. The van der Waals surface area contributed by atoms with E-state index >= 15 is 0 Å². The number of hydrogen-bond donors (Lipinski definition) is 2. The Bertz CT molecular complexity index is 832. The summed E-state index contributed by atoms with van der Waals surface area (Å²) >= 11 is 0. The molecule has 0 aliphatic carbocycles. The highest BCUT2D eigenvalue weighted by Gasteiger charge is 2.01. The van der Waals surface area contributed by atoms with Crippen molar-refractivity contribution in [1.82, 2.24) is 25.4 Å². The van der Waals surface area contributed by atoms with Gasteiger partial charge in [0.25, 0.3) is 0 Å². The van der Waals surface area contributed by atoms with Crippen LogP contribution in [-0.4, -0.2) is 34.3 Å². The van der Waals surface area contributed by atoms with Crippen molar-refractivity contribution >= 4 is 29.9 Å². The molecule has 0 saturated carbocycles. The van der Waals surface area contributed by atoms with Gasteiger partial charge in [0.15, 0.2) is 5.96 Å². The van der Waals surface area contributed by atoms with Crippen molar-refractivity contribution in [2.24, 2.45) is 4.99 Å². The van der Waals surface area contributed by atoms with Crippen molar-refractivity contribution in [2.45, 2.75) is 13.0 Å². The van der Waals surface area contributed by atoms with Crippen LogP contribution in [0.3, 0.4) is 0 Å². The molecule has 0 radical (unpaired) electrons. The Morgan fingerprint density at radius 3 is 2.37 bits per heavy atom. The molecule has 0 aliphatic heterocycles. The predicted octanol–water partition coefficient (Wildman–Crippen LogP) is 2.93. The van der Waals surface area contributed by atoms with E-state index in [0.717, 1.165) is 35.7 Å². The van der Waals surface area contributed by atoms with E-state index in [9.17, 15) is 4.39 Å². The molecule has 0 atom stereocenters. The van der Waals surface area contributed by atoms with Crippen molar-refractivity contribution in [1.29, 1.82) is 0 Å². The van der Waals surface area contributed by atoms with E-state index in [-0.39, 0.29) is 29.8 Å². The Hall–Kier alpha value is -2.49. The highest BCUT2D eigenvalue weighted by atomic mass is 127. The number of rotatable bonds is 6. The average Bonchev–Trinajstić information content (AvgIpc) is 3.21. The van der Waals surface area contributed by atoms with Crippen LogP contribution >= 0.6 is 24.0 Å². The van der Waals surface area contributed by atoms with Crippen molar-refractivity contribution in [2.75, 3.05) is 13.6 Å². The first-order valence-corrected chi connectivity index (χ1v) is 8.37. The van der Waals surface area contributed by atoms with Gasteiger partial charge < -0.3 is 10.6 Å². The van der Waals surface area contributed by atoms with Gasteiger partial charge in [-0.05, 0) is 41.8 Å². The number of benzene rings is 2. The number of guanidine groups is 1. The summed E-state index contributed by atoms with van der Waals surface area (Å²) in [6.07, 6.45) is 3.98. The van der Waals surface area contributed by atoms with Gasteiger partial charge in [-0.3, -0.25) is 4.99 Å². The molecule has 0 amide bonds. The summed E-state index contributed by atoms with van der Waals surface area (Å²) in [4.78, 5) is 8.16. The van der Waals surface area contributed by atoms with E-state index in [1.165, 1.54) is 18.5 Å². The molecule has 3 aromatic rings. The first kappa shape index (κ1) is 20.8. The van der Waals surface area contributed by atoms with Gasteiger partial charge in [-0.25, -0.2) is 14.1 Å². The fourth-order valence-corrected chi connectivity index (χ4v) is 2.49. The summed E-state index contributed by atoms with van der Waals surface area (Å²) in [7, 11) is 1.74. The molecule has 8 heteroatoms. The Morgan fingerprint density at radius 1 is 1.04 bits per heavy atom. The lowest BCUT2D eigenvalue weighted by molar-refractivity contribution is 0.626. The van der Waals surface area contributed by atoms with Crippen LogP contribution in [0.5, 0.6) is 0 Å². The van der Waals surface area contributed by atoms with Crippen LogP contribution in [0.1, 0.15) is 11.1 Å². The zero-order chi connectivity index (χ0) is 18.2. The molecule has 2 N–H and O–H groups in total. The molecule has 0 spiro atoms. The molecule has 142 valence electrons. The average molecular weight is 480 g/mol. The van der Waals surface area contributed by atoms with Crippen LogP contribution in [0.25, 0.3) is 5.69 Å². The molecule has 0 unspecified atom stereocenters. The van der Waals surface area contributed by atoms with Crippen LogP contribution in [0.15, 0.2) is 66.2 Å². The maximum absolute atomic E-state index is 12.9. The van der Waals surface area contributed by atoms with E-state index in [2.05, 4.69) is 25.7 Å². The summed E-state index contributed by atoms with van der Waals surface area (Å²) in [6, 6.07) is 14.6. The Labute approximate surface area is 175 Å². The normalized spacial score (nSPS) is 11.0. The van der Waals surface area contributed by atoms with E-state index in [1.54, 1.807) is 30.2 Å². The first-order chi connectivity index (χ1) is 12.7. The maximum Gasteiger partial charge on any atom is 0.191 e. The van der Waals surface area contributed by atoms with Gasteiger partial charge in [-0.15, -0.1) is 24.0 Å². The Balaban J connectivity index is 0.00000261. The Kier molecular flexibility index (Phi) is 8.18. The number of aromatic nitrogens is 3. The third kappa shape index (κ3) is 6.31. The molecule has 0 fully saturated rings. The SMILES string of the molecule is CN=C(NCCc1ccc(F)cc1)NCc1ccc(-n2cncn2)cc1.I. The van der Waals surface area contributed by atoms with Crippen molar-refractivity contribution < 1.29 is 4.39 Å². The summed E-state index contributed by atoms with van der Waals surface area (Å²) in [5.74, 6) is 0.515. The van der Waals surface area contributed by atoms with Gasteiger partial charge in [0.05, 0.1) is 5.69 Å². The lowest BCUT2D eigenvalue weighted by atomic mass is 10.1. The van der Waals surface area contributed by atoms with Gasteiger partial charge in [-0.1, -0.05) is 24.3 Å². The quantitative estimate of drug-likeness (QED) is 0.324. The number of halogens is 2. The molecular weight excluding hydrogens is 458 g/mol. The van der Waals surface area contributed by atoms with E-state index in [1.807, 2.05) is 24.3 Å². The largest absolute Gasteiger partial charge is 0.356 e. The third-order valence-electron chi connectivity index (χ3n) is 3.92. The van der Waals surface area contributed by atoms with Crippen molar-refractivity contribution in [3.63, 3.8) is 0 Å². The van der Waals surface area contributed by atoms with E-state index < -0.39 is 0 Å². The minimum absolute atomic E-state index is 0. The second-order valence-electron chi connectivity index (χ2n) is 5.74. The number of hydrogen-bond acceptors (Lipinski definition) is 3. The van der Waals surface area contributed by atoms with Gasteiger partial charge in [-0.2, -0.15) is 5.10 Å². The lowest BCUT2D eigenvalue weighted by Crippen LogP contribution is -2.37. The van der Waals surface area contributed by atoms with Crippen molar-refractivity contribution in [3.8, 4) is 5.69 Å². The smallest absolute Gasteiger partial charge is 0.191 e. The second-order valence-corrected chi connectivity index (χ2v) is 5.74. The predicted molar refractivity (Wildman–Crippen MR) is 115 cm³/mol. The fraction of sp³-hybridized carbons (Fsp3) is 0.211. The maximum atomic E-state index is 12.9. The highest BCUT2D eigenvalue weighted by molar-refractivity contribution is 14.0.